The third kappa shape index (κ3) is 4.13. The maximum absolute atomic E-state index is 5.83. The molecule has 1 atom stereocenters. The topological polar surface area (TPSA) is 9.23 Å². The molecule has 0 heterocycles. The lowest BCUT2D eigenvalue weighted by molar-refractivity contribution is 0.252. The first-order valence-corrected chi connectivity index (χ1v) is 7.17. The minimum absolute atomic E-state index is 0.144. The predicted molar refractivity (Wildman–Crippen MR) is 78.0 cm³/mol. The standard InChI is InChI=1S/C15H24OSi/c1-11(2)10-14(12(3)4)15(16-17)13-8-6-5-7-9-13/h5-12,15H,1-4,17H3. The van der Waals surface area contributed by atoms with Gasteiger partial charge in [-0.3, -0.25) is 0 Å². The number of benzene rings is 1. The molecule has 0 spiro atoms. The number of hydrogen-bond acceptors (Lipinski definition) is 1. The Morgan fingerprint density at radius 1 is 1.12 bits per heavy atom. The average molecular weight is 248 g/mol. The monoisotopic (exact) mass is 248 g/mol. The maximum atomic E-state index is 5.83. The van der Waals surface area contributed by atoms with E-state index in [1.54, 1.807) is 0 Å². The van der Waals surface area contributed by atoms with Gasteiger partial charge in [0, 0.05) is 0 Å². The largest absolute Gasteiger partial charge is 0.417 e. The van der Waals surface area contributed by atoms with E-state index in [1.165, 1.54) is 11.1 Å². The Bertz CT molecular complexity index is 354. The smallest absolute Gasteiger partial charge is 0.147 e. The van der Waals surface area contributed by atoms with Gasteiger partial charge < -0.3 is 4.43 Å². The summed E-state index contributed by atoms with van der Waals surface area (Å²) in [6.07, 6.45) is 2.49. The molecule has 0 aliphatic heterocycles. The Hall–Kier alpha value is -0.863. The zero-order valence-corrected chi connectivity index (χ0v) is 13.6. The Kier molecular flexibility index (Phi) is 5.66. The van der Waals surface area contributed by atoms with Crippen LogP contribution in [0.15, 0.2) is 42.0 Å². The van der Waals surface area contributed by atoms with E-state index in [0.29, 0.717) is 11.8 Å². The molecule has 0 amide bonds. The van der Waals surface area contributed by atoms with E-state index < -0.39 is 0 Å². The lowest BCUT2D eigenvalue weighted by Gasteiger charge is -2.24. The maximum Gasteiger partial charge on any atom is 0.147 e. The van der Waals surface area contributed by atoms with Gasteiger partial charge in [0.25, 0.3) is 0 Å². The van der Waals surface area contributed by atoms with Crippen molar-refractivity contribution in [2.45, 2.75) is 33.8 Å². The van der Waals surface area contributed by atoms with Crippen molar-refractivity contribution in [2.24, 2.45) is 11.8 Å². The molecule has 0 N–H and O–H groups in total. The SMILES string of the molecule is CC(C)C=C(C(C)C)C(O[SiH3])c1ccccc1. The zero-order chi connectivity index (χ0) is 12.8. The summed E-state index contributed by atoms with van der Waals surface area (Å²) in [7, 11) is 0.760. The highest BCUT2D eigenvalue weighted by Gasteiger charge is 2.18. The van der Waals surface area contributed by atoms with Crippen molar-refractivity contribution in [3.8, 4) is 0 Å². The van der Waals surface area contributed by atoms with E-state index >= 15 is 0 Å². The summed E-state index contributed by atoms with van der Waals surface area (Å²) in [5.74, 6) is 1.09. The molecule has 0 aliphatic rings. The van der Waals surface area contributed by atoms with Crippen molar-refractivity contribution in [2.75, 3.05) is 0 Å². The van der Waals surface area contributed by atoms with Crippen LogP contribution in [0.4, 0.5) is 0 Å². The Balaban J connectivity index is 3.07. The predicted octanol–water partition coefficient (Wildman–Crippen LogP) is 3.26. The van der Waals surface area contributed by atoms with Gasteiger partial charge in [-0.15, -0.1) is 0 Å². The fourth-order valence-corrected chi connectivity index (χ4v) is 2.60. The van der Waals surface area contributed by atoms with E-state index in [2.05, 4.69) is 64.1 Å². The van der Waals surface area contributed by atoms with Gasteiger partial charge in [-0.1, -0.05) is 64.1 Å². The second-order valence-corrected chi connectivity index (χ2v) is 5.56. The Labute approximate surface area is 108 Å². The highest BCUT2D eigenvalue weighted by atomic mass is 28.2. The van der Waals surface area contributed by atoms with E-state index in [-0.39, 0.29) is 6.10 Å². The molecule has 1 rings (SSSR count). The van der Waals surface area contributed by atoms with E-state index in [4.69, 9.17) is 4.43 Å². The van der Waals surface area contributed by atoms with Crippen molar-refractivity contribution in [1.82, 2.24) is 0 Å². The zero-order valence-electron chi connectivity index (χ0n) is 11.6. The van der Waals surface area contributed by atoms with E-state index in [9.17, 15) is 0 Å². The second kappa shape index (κ2) is 6.77. The van der Waals surface area contributed by atoms with Gasteiger partial charge in [-0.2, -0.15) is 0 Å². The first-order valence-electron chi connectivity index (χ1n) is 6.35. The van der Waals surface area contributed by atoms with Crippen molar-refractivity contribution < 1.29 is 4.43 Å². The Morgan fingerprint density at radius 3 is 2.12 bits per heavy atom. The number of rotatable bonds is 5. The van der Waals surface area contributed by atoms with Crippen LogP contribution in [0, 0.1) is 11.8 Å². The molecule has 0 radical (unpaired) electrons. The molecule has 1 aromatic carbocycles. The minimum Gasteiger partial charge on any atom is -0.417 e. The molecule has 2 heteroatoms. The molecular formula is C15H24OSi. The van der Waals surface area contributed by atoms with Crippen LogP contribution in [0.2, 0.25) is 0 Å². The summed E-state index contributed by atoms with van der Waals surface area (Å²) in [5.41, 5.74) is 2.67. The minimum atomic E-state index is 0.144. The first kappa shape index (κ1) is 14.2. The summed E-state index contributed by atoms with van der Waals surface area (Å²) in [4.78, 5) is 0. The van der Waals surface area contributed by atoms with Crippen LogP contribution < -0.4 is 0 Å². The summed E-state index contributed by atoms with van der Waals surface area (Å²) in [5, 5.41) is 0. The van der Waals surface area contributed by atoms with Crippen LogP contribution in [0.1, 0.15) is 39.4 Å². The molecule has 1 unspecified atom stereocenters. The number of hydrogen-bond donors (Lipinski definition) is 0. The van der Waals surface area contributed by atoms with E-state index in [1.807, 2.05) is 0 Å². The molecule has 0 saturated carbocycles. The van der Waals surface area contributed by atoms with Gasteiger partial charge in [0.2, 0.25) is 0 Å². The lowest BCUT2D eigenvalue weighted by atomic mass is 9.90. The Morgan fingerprint density at radius 2 is 1.71 bits per heavy atom. The first-order chi connectivity index (χ1) is 8.06. The van der Waals surface area contributed by atoms with Crippen LogP contribution in [0.25, 0.3) is 0 Å². The lowest BCUT2D eigenvalue weighted by Crippen LogP contribution is -2.11. The van der Waals surface area contributed by atoms with Gasteiger partial charge in [0.1, 0.15) is 10.5 Å². The fourth-order valence-electron chi connectivity index (χ4n) is 2.06. The normalized spacial score (nSPS) is 14.6. The van der Waals surface area contributed by atoms with Gasteiger partial charge in [0.05, 0.1) is 6.10 Å². The van der Waals surface area contributed by atoms with Crippen LogP contribution in [-0.4, -0.2) is 10.5 Å². The van der Waals surface area contributed by atoms with Gasteiger partial charge in [-0.25, -0.2) is 0 Å². The van der Waals surface area contributed by atoms with Crippen LogP contribution in [0.3, 0.4) is 0 Å². The summed E-state index contributed by atoms with van der Waals surface area (Å²) in [6, 6.07) is 10.5. The molecule has 1 aromatic rings. The van der Waals surface area contributed by atoms with Gasteiger partial charge in [-0.05, 0) is 23.0 Å². The molecule has 0 aliphatic carbocycles. The van der Waals surface area contributed by atoms with Crippen molar-refractivity contribution in [3.05, 3.63) is 47.5 Å². The summed E-state index contributed by atoms with van der Waals surface area (Å²) < 4.78 is 5.83. The average Bonchev–Trinajstić information content (AvgIpc) is 2.29. The fraction of sp³-hybridized carbons (Fsp3) is 0.467. The van der Waals surface area contributed by atoms with Gasteiger partial charge in [0.15, 0.2) is 0 Å². The van der Waals surface area contributed by atoms with Crippen molar-refractivity contribution in [3.63, 3.8) is 0 Å². The quantitative estimate of drug-likeness (QED) is 0.574. The van der Waals surface area contributed by atoms with Crippen LogP contribution >= 0.6 is 0 Å². The highest BCUT2D eigenvalue weighted by Crippen LogP contribution is 2.31. The number of allylic oxidation sites excluding steroid dienone is 1. The van der Waals surface area contributed by atoms with Crippen molar-refractivity contribution in [1.29, 1.82) is 0 Å². The van der Waals surface area contributed by atoms with E-state index in [0.717, 1.165) is 10.5 Å². The molecule has 0 bridgehead atoms. The molecule has 0 fully saturated rings. The highest BCUT2D eigenvalue weighted by molar-refractivity contribution is 5.98. The van der Waals surface area contributed by atoms with Gasteiger partial charge >= 0.3 is 0 Å². The molecule has 94 valence electrons. The molecule has 17 heavy (non-hydrogen) atoms. The van der Waals surface area contributed by atoms with Crippen LogP contribution in [-0.2, 0) is 4.43 Å². The summed E-state index contributed by atoms with van der Waals surface area (Å²) >= 11 is 0. The molecule has 1 nitrogen and oxygen atoms in total. The van der Waals surface area contributed by atoms with Crippen molar-refractivity contribution >= 4 is 10.5 Å². The van der Waals surface area contributed by atoms with Crippen LogP contribution in [0.5, 0.6) is 0 Å². The molecule has 0 aromatic heterocycles. The second-order valence-electron chi connectivity index (χ2n) is 5.09. The molecular weight excluding hydrogens is 224 g/mol. The third-order valence-electron chi connectivity index (χ3n) is 2.83. The summed E-state index contributed by atoms with van der Waals surface area (Å²) in [6.45, 7) is 8.92. The third-order valence-corrected chi connectivity index (χ3v) is 3.30. The molecule has 0 saturated heterocycles.